The Hall–Kier alpha value is -2.80. The van der Waals surface area contributed by atoms with Gasteiger partial charge in [-0.15, -0.1) is 0 Å². The van der Waals surface area contributed by atoms with Crippen LogP contribution in [0.1, 0.15) is 18.4 Å². The first-order chi connectivity index (χ1) is 14.6. The SMILES string of the molecule is COc1ccc(NC2CCN(Cc3cc(OC)c(OC)cc3OC)CC2)c(OC)c1. The van der Waals surface area contributed by atoms with E-state index in [2.05, 4.69) is 10.2 Å². The quantitative estimate of drug-likeness (QED) is 0.667. The molecule has 7 nitrogen and oxygen atoms in total. The van der Waals surface area contributed by atoms with Crippen LogP contribution in [0.3, 0.4) is 0 Å². The molecule has 2 aromatic rings. The summed E-state index contributed by atoms with van der Waals surface area (Å²) in [6.45, 7) is 2.80. The maximum Gasteiger partial charge on any atom is 0.164 e. The summed E-state index contributed by atoms with van der Waals surface area (Å²) in [6.07, 6.45) is 2.09. The molecule has 0 spiro atoms. The van der Waals surface area contributed by atoms with Crippen LogP contribution in [0.5, 0.6) is 28.7 Å². The van der Waals surface area contributed by atoms with E-state index < -0.39 is 0 Å². The van der Waals surface area contributed by atoms with Crippen LogP contribution in [0.15, 0.2) is 30.3 Å². The maximum absolute atomic E-state index is 5.57. The first kappa shape index (κ1) is 21.9. The standard InChI is InChI=1S/C23H32N2O5/c1-26-18-6-7-19(21(13-18)28-3)24-17-8-10-25(11-9-17)15-16-12-22(29-4)23(30-5)14-20(16)27-2/h6-7,12-14,17,24H,8-11,15H2,1-5H3. The highest BCUT2D eigenvalue weighted by molar-refractivity contribution is 5.59. The van der Waals surface area contributed by atoms with E-state index in [1.807, 2.05) is 30.3 Å². The van der Waals surface area contributed by atoms with Crippen LogP contribution in [0, 0.1) is 0 Å². The van der Waals surface area contributed by atoms with Gasteiger partial charge in [0.15, 0.2) is 11.5 Å². The van der Waals surface area contributed by atoms with Gasteiger partial charge in [0.25, 0.3) is 0 Å². The number of hydrogen-bond donors (Lipinski definition) is 1. The summed E-state index contributed by atoms with van der Waals surface area (Å²) in [5.74, 6) is 3.80. The van der Waals surface area contributed by atoms with Gasteiger partial charge in [0.2, 0.25) is 0 Å². The Labute approximate surface area is 178 Å². The third-order valence-corrected chi connectivity index (χ3v) is 5.54. The number of piperidine rings is 1. The molecule has 0 unspecified atom stereocenters. The summed E-state index contributed by atoms with van der Waals surface area (Å²) in [4.78, 5) is 2.44. The summed E-state index contributed by atoms with van der Waals surface area (Å²) in [5, 5.41) is 3.62. The summed E-state index contributed by atoms with van der Waals surface area (Å²) >= 11 is 0. The Morgan fingerprint density at radius 1 is 0.767 bits per heavy atom. The Kier molecular flexibility index (Phi) is 7.52. The van der Waals surface area contributed by atoms with E-state index in [9.17, 15) is 0 Å². The Bertz CT molecular complexity index is 835. The number of benzene rings is 2. The van der Waals surface area contributed by atoms with E-state index in [1.54, 1.807) is 35.5 Å². The van der Waals surface area contributed by atoms with Gasteiger partial charge < -0.3 is 29.0 Å². The van der Waals surface area contributed by atoms with E-state index in [0.717, 1.165) is 66.7 Å². The van der Waals surface area contributed by atoms with Gasteiger partial charge in [-0.2, -0.15) is 0 Å². The van der Waals surface area contributed by atoms with Crippen molar-refractivity contribution in [2.45, 2.75) is 25.4 Å². The average Bonchev–Trinajstić information content (AvgIpc) is 2.80. The van der Waals surface area contributed by atoms with Gasteiger partial charge in [-0.05, 0) is 31.0 Å². The molecule has 0 aromatic heterocycles. The van der Waals surface area contributed by atoms with Crippen molar-refractivity contribution in [1.82, 2.24) is 4.90 Å². The molecule has 1 fully saturated rings. The first-order valence-electron chi connectivity index (χ1n) is 10.1. The van der Waals surface area contributed by atoms with E-state index in [-0.39, 0.29) is 0 Å². The first-order valence-corrected chi connectivity index (χ1v) is 10.1. The lowest BCUT2D eigenvalue weighted by Gasteiger charge is -2.33. The van der Waals surface area contributed by atoms with Gasteiger partial charge in [-0.3, -0.25) is 4.90 Å². The van der Waals surface area contributed by atoms with Gasteiger partial charge in [-0.1, -0.05) is 0 Å². The number of likely N-dealkylation sites (tertiary alicyclic amines) is 1. The Morgan fingerprint density at radius 3 is 2.00 bits per heavy atom. The van der Waals surface area contributed by atoms with Gasteiger partial charge in [0, 0.05) is 43.4 Å². The summed E-state index contributed by atoms with van der Waals surface area (Å²) < 4.78 is 27.2. The van der Waals surface area contributed by atoms with E-state index >= 15 is 0 Å². The second-order valence-corrected chi connectivity index (χ2v) is 7.28. The highest BCUT2D eigenvalue weighted by Crippen LogP contribution is 2.36. The molecule has 1 aliphatic rings. The van der Waals surface area contributed by atoms with Crippen LogP contribution in [0.25, 0.3) is 0 Å². The second kappa shape index (κ2) is 10.3. The molecule has 7 heteroatoms. The van der Waals surface area contributed by atoms with Crippen molar-refractivity contribution >= 4 is 5.69 Å². The molecule has 30 heavy (non-hydrogen) atoms. The third-order valence-electron chi connectivity index (χ3n) is 5.54. The summed E-state index contributed by atoms with van der Waals surface area (Å²) in [7, 11) is 8.30. The molecule has 0 bridgehead atoms. The minimum absolute atomic E-state index is 0.399. The fourth-order valence-corrected chi connectivity index (χ4v) is 3.83. The van der Waals surface area contributed by atoms with Crippen molar-refractivity contribution in [2.24, 2.45) is 0 Å². The van der Waals surface area contributed by atoms with Crippen molar-refractivity contribution in [3.63, 3.8) is 0 Å². The fourth-order valence-electron chi connectivity index (χ4n) is 3.83. The topological polar surface area (TPSA) is 61.4 Å². The predicted octanol–water partition coefficient (Wildman–Crippen LogP) is 3.81. The van der Waals surface area contributed by atoms with E-state index in [4.69, 9.17) is 23.7 Å². The Balaban J connectivity index is 1.61. The van der Waals surface area contributed by atoms with Crippen LogP contribution in [-0.2, 0) is 6.54 Å². The number of ether oxygens (including phenoxy) is 5. The molecule has 0 saturated carbocycles. The van der Waals surface area contributed by atoms with Crippen molar-refractivity contribution in [2.75, 3.05) is 54.0 Å². The van der Waals surface area contributed by atoms with Gasteiger partial charge in [0.05, 0.1) is 41.2 Å². The van der Waals surface area contributed by atoms with Crippen molar-refractivity contribution in [3.05, 3.63) is 35.9 Å². The molecule has 0 amide bonds. The predicted molar refractivity (Wildman–Crippen MR) is 118 cm³/mol. The molecule has 0 atom stereocenters. The number of rotatable bonds is 9. The smallest absolute Gasteiger partial charge is 0.164 e. The minimum atomic E-state index is 0.399. The molecule has 2 aromatic carbocycles. The van der Waals surface area contributed by atoms with Crippen LogP contribution >= 0.6 is 0 Å². The average molecular weight is 417 g/mol. The summed E-state index contributed by atoms with van der Waals surface area (Å²) in [6, 6.07) is 10.2. The third kappa shape index (κ3) is 5.02. The van der Waals surface area contributed by atoms with Crippen LogP contribution in [0.4, 0.5) is 5.69 Å². The highest BCUT2D eigenvalue weighted by atomic mass is 16.5. The molecular weight excluding hydrogens is 384 g/mol. The molecular formula is C23H32N2O5. The second-order valence-electron chi connectivity index (χ2n) is 7.28. The minimum Gasteiger partial charge on any atom is -0.497 e. The maximum atomic E-state index is 5.57. The van der Waals surface area contributed by atoms with Gasteiger partial charge in [0.1, 0.15) is 17.2 Å². The lowest BCUT2D eigenvalue weighted by atomic mass is 10.0. The van der Waals surface area contributed by atoms with Gasteiger partial charge >= 0.3 is 0 Å². The molecule has 0 radical (unpaired) electrons. The lowest BCUT2D eigenvalue weighted by Crippen LogP contribution is -2.38. The zero-order chi connectivity index (χ0) is 21.5. The number of methoxy groups -OCH3 is 5. The van der Waals surface area contributed by atoms with E-state index in [0.29, 0.717) is 11.8 Å². The van der Waals surface area contributed by atoms with E-state index in [1.165, 1.54) is 0 Å². The lowest BCUT2D eigenvalue weighted by molar-refractivity contribution is 0.208. The molecule has 3 rings (SSSR count). The molecule has 0 aliphatic carbocycles. The number of hydrogen-bond acceptors (Lipinski definition) is 7. The fraction of sp³-hybridized carbons (Fsp3) is 0.478. The monoisotopic (exact) mass is 416 g/mol. The highest BCUT2D eigenvalue weighted by Gasteiger charge is 2.22. The number of anilines is 1. The normalized spacial score (nSPS) is 14.8. The van der Waals surface area contributed by atoms with Crippen molar-refractivity contribution in [3.8, 4) is 28.7 Å². The molecule has 1 saturated heterocycles. The van der Waals surface area contributed by atoms with Crippen LogP contribution in [-0.4, -0.2) is 59.6 Å². The Morgan fingerprint density at radius 2 is 1.40 bits per heavy atom. The van der Waals surface area contributed by atoms with Crippen molar-refractivity contribution < 1.29 is 23.7 Å². The molecule has 1 heterocycles. The zero-order valence-corrected chi connectivity index (χ0v) is 18.5. The van der Waals surface area contributed by atoms with Crippen LogP contribution < -0.4 is 29.0 Å². The number of nitrogens with one attached hydrogen (secondary N) is 1. The van der Waals surface area contributed by atoms with Gasteiger partial charge in [-0.25, -0.2) is 0 Å². The summed E-state index contributed by atoms with van der Waals surface area (Å²) in [5.41, 5.74) is 2.09. The van der Waals surface area contributed by atoms with Crippen molar-refractivity contribution in [1.29, 1.82) is 0 Å². The molecule has 164 valence electrons. The van der Waals surface area contributed by atoms with Crippen LogP contribution in [0.2, 0.25) is 0 Å². The molecule has 1 N–H and O–H groups in total. The molecule has 1 aliphatic heterocycles. The zero-order valence-electron chi connectivity index (χ0n) is 18.5. The largest absolute Gasteiger partial charge is 0.497 e. The number of nitrogens with zero attached hydrogens (tertiary/aromatic N) is 1.